The number of ether oxygens (including phenoxy) is 1. The van der Waals surface area contributed by atoms with Gasteiger partial charge in [0.05, 0.1) is 6.61 Å². The van der Waals surface area contributed by atoms with E-state index < -0.39 is 7.92 Å². The number of hydrogen-bond acceptors (Lipinski definition) is 2. The van der Waals surface area contributed by atoms with Crippen LogP contribution in [0.3, 0.4) is 0 Å². The van der Waals surface area contributed by atoms with E-state index in [-0.39, 0.29) is 17.1 Å². The molecule has 2 aromatic carbocycles. The van der Waals surface area contributed by atoms with Crippen LogP contribution in [0.15, 0.2) is 60.7 Å². The van der Waals surface area contributed by atoms with Gasteiger partial charge in [-0.05, 0) is 89.3 Å². The van der Waals surface area contributed by atoms with Crippen LogP contribution in [0.2, 0.25) is 0 Å². The van der Waals surface area contributed by atoms with Gasteiger partial charge in [0.1, 0.15) is 0 Å². The maximum absolute atomic E-state index is 5.45. The monoisotopic (exact) mass is 497 g/mol. The van der Waals surface area contributed by atoms with Crippen LogP contribution in [0.1, 0.15) is 12.8 Å². The van der Waals surface area contributed by atoms with Gasteiger partial charge in [-0.1, -0.05) is 60.7 Å². The summed E-state index contributed by atoms with van der Waals surface area (Å²) in [5.74, 6) is 1.47. The van der Waals surface area contributed by atoms with Crippen molar-refractivity contribution >= 4 is 18.5 Å². The zero-order valence-corrected chi connectivity index (χ0v) is 21.2. The molecule has 0 aromatic heterocycles. The number of likely N-dealkylation sites (tertiary alicyclic amines) is 1. The fraction of sp³-hybridized carbons (Fsp3) is 0.241. The average molecular weight is 497 g/mol. The maximum atomic E-state index is 5.45. The maximum Gasteiger partial charge on any atom is 2.00 e. The van der Waals surface area contributed by atoms with Crippen molar-refractivity contribution in [3.05, 3.63) is 124 Å². The van der Waals surface area contributed by atoms with E-state index >= 15 is 0 Å². The molecule has 2 saturated carbocycles. The summed E-state index contributed by atoms with van der Waals surface area (Å²) in [6.07, 6.45) is 19.4. The smallest absolute Gasteiger partial charge is 0.383 e. The van der Waals surface area contributed by atoms with E-state index in [2.05, 4.69) is 84.8 Å². The van der Waals surface area contributed by atoms with Crippen molar-refractivity contribution in [2.45, 2.75) is 18.9 Å². The molecule has 0 unspecified atom stereocenters. The second kappa shape index (κ2) is 14.7. The SMILES string of the molecule is COC[C@@H]1CCCN1C[C]1[CH][CH][CH][C]1P(c1ccccc1)c1ccccc1.[CH]1[CH][CH][CH][CH]1.[Fe+2]. The Morgan fingerprint density at radius 1 is 0.818 bits per heavy atom. The summed E-state index contributed by atoms with van der Waals surface area (Å²) in [5, 5.41) is 2.84. The largest absolute Gasteiger partial charge is 2.00 e. The summed E-state index contributed by atoms with van der Waals surface area (Å²) in [6, 6.07) is 22.5. The molecule has 1 atom stereocenters. The van der Waals surface area contributed by atoms with Crippen molar-refractivity contribution in [3.63, 3.8) is 0 Å². The zero-order chi connectivity index (χ0) is 22.0. The van der Waals surface area contributed by atoms with E-state index in [1.807, 2.05) is 39.2 Å². The Bertz CT molecular complexity index is 723. The van der Waals surface area contributed by atoms with Gasteiger partial charge in [-0.3, -0.25) is 4.90 Å². The minimum absolute atomic E-state index is 0. The van der Waals surface area contributed by atoms with Crippen molar-refractivity contribution in [2.24, 2.45) is 0 Å². The summed E-state index contributed by atoms with van der Waals surface area (Å²) < 4.78 is 5.45. The van der Waals surface area contributed by atoms with Crippen molar-refractivity contribution < 1.29 is 21.8 Å². The van der Waals surface area contributed by atoms with Crippen molar-refractivity contribution in [3.8, 4) is 0 Å². The van der Waals surface area contributed by atoms with E-state index in [4.69, 9.17) is 4.74 Å². The Balaban J connectivity index is 0.000000453. The molecule has 1 heterocycles. The van der Waals surface area contributed by atoms with Gasteiger partial charge in [-0.2, -0.15) is 0 Å². The molecule has 0 spiro atoms. The number of nitrogens with zero attached hydrogens (tertiary/aromatic N) is 1. The summed E-state index contributed by atoms with van der Waals surface area (Å²) in [7, 11) is 1.28. The predicted octanol–water partition coefficient (Wildman–Crippen LogP) is 4.98. The molecule has 0 amide bonds. The Labute approximate surface area is 214 Å². The first-order chi connectivity index (χ1) is 15.9. The topological polar surface area (TPSA) is 12.5 Å². The molecule has 10 radical (unpaired) electrons. The molecular weight excluding hydrogens is 465 g/mol. The third-order valence-electron chi connectivity index (χ3n) is 5.94. The fourth-order valence-electron chi connectivity index (χ4n) is 4.41. The summed E-state index contributed by atoms with van der Waals surface area (Å²) >= 11 is 0. The summed E-state index contributed by atoms with van der Waals surface area (Å²) in [4.78, 5) is 2.60. The van der Waals surface area contributed by atoms with E-state index in [1.165, 1.54) is 41.6 Å². The molecule has 2 aliphatic carbocycles. The zero-order valence-electron chi connectivity index (χ0n) is 19.2. The molecule has 2 aromatic rings. The van der Waals surface area contributed by atoms with Gasteiger partial charge in [0.15, 0.2) is 0 Å². The Morgan fingerprint density at radius 3 is 1.94 bits per heavy atom. The molecule has 2 nitrogen and oxygen atoms in total. The Morgan fingerprint density at radius 2 is 1.39 bits per heavy atom. The van der Waals surface area contributed by atoms with E-state index in [0.717, 1.165) is 13.2 Å². The van der Waals surface area contributed by atoms with Gasteiger partial charge < -0.3 is 4.74 Å². The van der Waals surface area contributed by atoms with Gasteiger partial charge in [0.2, 0.25) is 0 Å². The molecule has 4 heteroatoms. The molecule has 3 fully saturated rings. The second-order valence-electron chi connectivity index (χ2n) is 8.13. The van der Waals surface area contributed by atoms with E-state index in [1.54, 1.807) is 0 Å². The summed E-state index contributed by atoms with van der Waals surface area (Å²) in [6.45, 7) is 3.03. The Kier molecular flexibility index (Phi) is 11.9. The van der Waals surface area contributed by atoms with E-state index in [0.29, 0.717) is 6.04 Å². The first-order valence-corrected chi connectivity index (χ1v) is 12.8. The molecule has 33 heavy (non-hydrogen) atoms. The first kappa shape index (κ1) is 26.9. The van der Waals surface area contributed by atoms with Crippen molar-refractivity contribution in [1.82, 2.24) is 4.90 Å². The van der Waals surface area contributed by atoms with Crippen LogP contribution in [0.5, 0.6) is 0 Å². The van der Waals surface area contributed by atoms with E-state index in [9.17, 15) is 0 Å². The van der Waals surface area contributed by atoms with Crippen LogP contribution in [0.4, 0.5) is 0 Å². The minimum atomic E-state index is -0.530. The van der Waals surface area contributed by atoms with Gasteiger partial charge >= 0.3 is 17.1 Å². The van der Waals surface area contributed by atoms with Crippen LogP contribution in [-0.4, -0.2) is 37.7 Å². The minimum Gasteiger partial charge on any atom is -0.383 e. The van der Waals surface area contributed by atoms with Crippen LogP contribution >= 0.6 is 7.92 Å². The fourth-order valence-corrected chi connectivity index (χ4v) is 6.87. The molecule has 1 aliphatic heterocycles. The first-order valence-electron chi connectivity index (χ1n) is 11.4. The third-order valence-corrected chi connectivity index (χ3v) is 8.48. The standard InChI is InChI=1S/C24H27NOP.C5H5.Fe/c1-26-19-21-11-9-17-25(21)18-20-10-8-16-24(20)27(22-12-4-2-5-13-22)23-14-6-3-7-15-23;1-2-4-5-3-1;/h2-8,10,12-16,21H,9,11,17-19H2,1H3;1-5H;/q;;+2/t21-;;/m0../s1. The molecule has 0 N–H and O–H groups in total. The molecular formula is C29H32FeNOP+2. The number of rotatable bonds is 7. The van der Waals surface area contributed by atoms with Crippen LogP contribution in [0.25, 0.3) is 0 Å². The number of benzene rings is 2. The van der Waals surface area contributed by atoms with Crippen LogP contribution in [-0.2, 0) is 21.8 Å². The van der Waals surface area contributed by atoms with Crippen LogP contribution < -0.4 is 10.6 Å². The van der Waals surface area contributed by atoms with Gasteiger partial charge in [0.25, 0.3) is 0 Å². The number of hydrogen-bond donors (Lipinski definition) is 0. The number of methoxy groups -OCH3 is 1. The van der Waals surface area contributed by atoms with Gasteiger partial charge in [-0.25, -0.2) is 0 Å². The average Bonchev–Trinajstić information content (AvgIpc) is 3.62. The molecule has 1 saturated heterocycles. The summed E-state index contributed by atoms with van der Waals surface area (Å²) in [5.41, 5.74) is 1.49. The molecule has 3 aliphatic rings. The van der Waals surface area contributed by atoms with Crippen molar-refractivity contribution in [2.75, 3.05) is 26.8 Å². The van der Waals surface area contributed by atoms with Gasteiger partial charge in [-0.15, -0.1) is 0 Å². The third kappa shape index (κ3) is 7.65. The van der Waals surface area contributed by atoms with Gasteiger partial charge in [0, 0.05) is 31.3 Å². The normalized spacial score (nSPS) is 21.7. The molecule has 0 bridgehead atoms. The van der Waals surface area contributed by atoms with Crippen molar-refractivity contribution in [1.29, 1.82) is 0 Å². The molecule has 5 rings (SSSR count). The van der Waals surface area contributed by atoms with Crippen LogP contribution in [0, 0.1) is 62.9 Å². The quantitative estimate of drug-likeness (QED) is 0.395. The molecule has 170 valence electrons. The second-order valence-corrected chi connectivity index (χ2v) is 10.3. The Hall–Kier alpha value is -0.691. The predicted molar refractivity (Wildman–Crippen MR) is 136 cm³/mol.